The summed E-state index contributed by atoms with van der Waals surface area (Å²) < 4.78 is 2.64. The van der Waals surface area contributed by atoms with Crippen molar-refractivity contribution < 1.29 is 0 Å². The fourth-order valence-corrected chi connectivity index (χ4v) is 8.27. The minimum atomic E-state index is 1.10. The summed E-state index contributed by atoms with van der Waals surface area (Å²) in [6.45, 7) is 0. The number of rotatable bonds is 8. The highest BCUT2D eigenvalue weighted by atomic mass is 32.1. The van der Waals surface area contributed by atoms with Crippen LogP contribution in [0.5, 0.6) is 0 Å². The van der Waals surface area contributed by atoms with Crippen LogP contribution in [0.3, 0.4) is 0 Å². The highest BCUT2D eigenvalue weighted by molar-refractivity contribution is 7.25. The van der Waals surface area contributed by atoms with Crippen LogP contribution in [0.4, 0.5) is 34.1 Å². The zero-order chi connectivity index (χ0) is 34.0. The van der Waals surface area contributed by atoms with E-state index in [2.05, 4.69) is 216 Å². The molecule has 0 saturated carbocycles. The molecule has 0 radical (unpaired) electrons. The van der Waals surface area contributed by atoms with Crippen LogP contribution >= 0.6 is 11.3 Å². The van der Waals surface area contributed by atoms with Crippen molar-refractivity contribution in [2.45, 2.75) is 0 Å². The average molecular weight is 671 g/mol. The van der Waals surface area contributed by atoms with Crippen LogP contribution in [0.1, 0.15) is 0 Å². The van der Waals surface area contributed by atoms with E-state index in [1.807, 2.05) is 11.3 Å². The van der Waals surface area contributed by atoms with Crippen LogP contribution in [0, 0.1) is 0 Å². The Hall–Kier alpha value is -6.42. The van der Waals surface area contributed by atoms with Crippen molar-refractivity contribution in [2.75, 3.05) is 9.80 Å². The molecule has 2 nitrogen and oxygen atoms in total. The first-order valence-corrected chi connectivity index (χ1v) is 18.1. The third-order valence-corrected chi connectivity index (χ3v) is 10.6. The SMILES string of the molecule is c1ccc(N(c2ccccc2)c2cccc(-c3ccccc3N(c3ccccc3)c3ccc(-c4cccc5sc6ccccc6c45)cc3)c2)cc1. The molecule has 1 heterocycles. The van der Waals surface area contributed by atoms with Crippen molar-refractivity contribution in [3.63, 3.8) is 0 Å². The van der Waals surface area contributed by atoms with Crippen molar-refractivity contribution in [2.24, 2.45) is 0 Å². The molecule has 0 aliphatic carbocycles. The number of hydrogen-bond acceptors (Lipinski definition) is 3. The summed E-state index contributed by atoms with van der Waals surface area (Å²) in [6.07, 6.45) is 0. The van der Waals surface area contributed by atoms with Crippen molar-refractivity contribution in [3.05, 3.63) is 206 Å². The summed E-state index contributed by atoms with van der Waals surface area (Å²) in [5, 5.41) is 2.65. The Morgan fingerprint density at radius 1 is 0.314 bits per heavy atom. The molecule has 1 aromatic heterocycles. The summed E-state index contributed by atoms with van der Waals surface area (Å²) in [5.74, 6) is 0. The molecule has 0 bridgehead atoms. The second kappa shape index (κ2) is 13.5. The minimum absolute atomic E-state index is 1.10. The predicted molar refractivity (Wildman–Crippen MR) is 220 cm³/mol. The molecule has 51 heavy (non-hydrogen) atoms. The Morgan fingerprint density at radius 3 is 1.53 bits per heavy atom. The van der Waals surface area contributed by atoms with Crippen LogP contribution in [0.15, 0.2) is 206 Å². The van der Waals surface area contributed by atoms with Gasteiger partial charge < -0.3 is 9.80 Å². The molecule has 0 fully saturated rings. The highest BCUT2D eigenvalue weighted by Gasteiger charge is 2.19. The molecule has 0 saturated heterocycles. The number of hydrogen-bond donors (Lipinski definition) is 0. The molecule has 0 spiro atoms. The molecule has 9 aromatic rings. The first kappa shape index (κ1) is 30.6. The predicted octanol–water partition coefficient (Wildman–Crippen LogP) is 14.3. The van der Waals surface area contributed by atoms with Crippen LogP contribution < -0.4 is 9.80 Å². The normalized spacial score (nSPS) is 11.1. The lowest BCUT2D eigenvalue weighted by molar-refractivity contribution is 1.27. The van der Waals surface area contributed by atoms with Gasteiger partial charge in [-0.25, -0.2) is 0 Å². The van der Waals surface area contributed by atoms with Gasteiger partial charge in [-0.15, -0.1) is 11.3 Å². The number of thiophene rings is 1. The monoisotopic (exact) mass is 670 g/mol. The summed E-state index contributed by atoms with van der Waals surface area (Å²) in [4.78, 5) is 4.69. The topological polar surface area (TPSA) is 6.48 Å². The van der Waals surface area contributed by atoms with Crippen molar-refractivity contribution >= 4 is 65.6 Å². The van der Waals surface area contributed by atoms with Gasteiger partial charge in [0.05, 0.1) is 5.69 Å². The van der Waals surface area contributed by atoms with Crippen molar-refractivity contribution in [1.82, 2.24) is 0 Å². The van der Waals surface area contributed by atoms with E-state index in [9.17, 15) is 0 Å². The quantitative estimate of drug-likeness (QED) is 0.159. The molecule has 242 valence electrons. The fraction of sp³-hybridized carbons (Fsp3) is 0. The summed E-state index contributed by atoms with van der Waals surface area (Å²) in [6, 6.07) is 73.9. The highest BCUT2D eigenvalue weighted by Crippen LogP contribution is 2.44. The molecule has 0 aliphatic heterocycles. The van der Waals surface area contributed by atoms with Crippen LogP contribution in [-0.4, -0.2) is 0 Å². The number of fused-ring (bicyclic) bond motifs is 3. The summed E-state index contributed by atoms with van der Waals surface area (Å²) in [7, 11) is 0. The van der Waals surface area contributed by atoms with E-state index in [1.54, 1.807) is 0 Å². The Balaban J connectivity index is 1.15. The van der Waals surface area contributed by atoms with Crippen molar-refractivity contribution in [1.29, 1.82) is 0 Å². The van der Waals surface area contributed by atoms with Gasteiger partial charge in [0, 0.05) is 54.2 Å². The molecule has 0 aliphatic rings. The third-order valence-electron chi connectivity index (χ3n) is 9.44. The maximum absolute atomic E-state index is 2.37. The molecule has 9 rings (SSSR count). The van der Waals surface area contributed by atoms with E-state index < -0.39 is 0 Å². The van der Waals surface area contributed by atoms with E-state index in [1.165, 1.54) is 31.3 Å². The van der Waals surface area contributed by atoms with Gasteiger partial charge in [0.1, 0.15) is 0 Å². The van der Waals surface area contributed by atoms with Crippen molar-refractivity contribution in [3.8, 4) is 22.3 Å². The second-order valence-corrected chi connectivity index (χ2v) is 13.7. The Labute approximate surface area is 302 Å². The second-order valence-electron chi connectivity index (χ2n) is 12.6. The molecular weight excluding hydrogens is 637 g/mol. The number of benzene rings is 8. The molecule has 8 aromatic carbocycles. The zero-order valence-electron chi connectivity index (χ0n) is 27.9. The maximum atomic E-state index is 2.37. The molecule has 0 amide bonds. The van der Waals surface area contributed by atoms with Gasteiger partial charge in [0.25, 0.3) is 0 Å². The Morgan fingerprint density at radius 2 is 0.824 bits per heavy atom. The van der Waals surface area contributed by atoms with Crippen LogP contribution in [-0.2, 0) is 0 Å². The number of anilines is 6. The van der Waals surface area contributed by atoms with E-state index in [0.29, 0.717) is 0 Å². The largest absolute Gasteiger partial charge is 0.310 e. The Bertz CT molecular complexity index is 2540. The first-order valence-electron chi connectivity index (χ1n) is 17.3. The smallest absolute Gasteiger partial charge is 0.0540 e. The lowest BCUT2D eigenvalue weighted by Gasteiger charge is -2.29. The number of para-hydroxylation sites is 4. The van der Waals surface area contributed by atoms with Gasteiger partial charge in [-0.3, -0.25) is 0 Å². The van der Waals surface area contributed by atoms with Gasteiger partial charge in [0.15, 0.2) is 0 Å². The summed E-state index contributed by atoms with van der Waals surface area (Å²) in [5.41, 5.74) is 11.4. The average Bonchev–Trinajstić information content (AvgIpc) is 3.59. The van der Waals surface area contributed by atoms with Gasteiger partial charge in [-0.05, 0) is 95.6 Å². The van der Waals surface area contributed by atoms with E-state index in [4.69, 9.17) is 0 Å². The fourth-order valence-electron chi connectivity index (χ4n) is 7.14. The van der Waals surface area contributed by atoms with Crippen LogP contribution in [0.25, 0.3) is 42.4 Å². The van der Waals surface area contributed by atoms with Gasteiger partial charge in [-0.1, -0.05) is 127 Å². The molecule has 3 heteroatoms. The lowest BCUT2D eigenvalue weighted by Crippen LogP contribution is -2.11. The Kier molecular flexibility index (Phi) is 8.09. The standard InChI is InChI=1S/C48H34N2S/c1-4-17-37(18-5-1)49(38-19-6-2-7-20-38)41-23-14-16-36(34-41)42-24-10-12-27-45(42)50(39-21-8-3-9-22-39)40-32-30-35(31-33-40)43-26-15-29-47-48(43)44-25-11-13-28-46(44)51-47/h1-34H. The third kappa shape index (κ3) is 5.84. The lowest BCUT2D eigenvalue weighted by atomic mass is 9.98. The summed E-state index contributed by atoms with van der Waals surface area (Å²) >= 11 is 1.86. The van der Waals surface area contributed by atoms with Crippen LogP contribution in [0.2, 0.25) is 0 Å². The van der Waals surface area contributed by atoms with E-state index in [0.717, 1.165) is 45.3 Å². The molecule has 0 unspecified atom stereocenters. The molecule has 0 atom stereocenters. The number of nitrogens with zero attached hydrogens (tertiary/aromatic N) is 2. The first-order chi connectivity index (χ1) is 25.3. The zero-order valence-corrected chi connectivity index (χ0v) is 28.7. The van der Waals surface area contributed by atoms with Gasteiger partial charge >= 0.3 is 0 Å². The van der Waals surface area contributed by atoms with Gasteiger partial charge in [0.2, 0.25) is 0 Å². The molecular formula is C48H34N2S. The van der Waals surface area contributed by atoms with Gasteiger partial charge in [-0.2, -0.15) is 0 Å². The maximum Gasteiger partial charge on any atom is 0.0540 e. The minimum Gasteiger partial charge on any atom is -0.310 e. The van der Waals surface area contributed by atoms with E-state index >= 15 is 0 Å². The van der Waals surface area contributed by atoms with E-state index in [-0.39, 0.29) is 0 Å². The molecule has 0 N–H and O–H groups in total.